The highest BCUT2D eigenvalue weighted by Crippen LogP contribution is 2.32. The molecular formula is C29H39ClN6O4. The quantitative estimate of drug-likeness (QED) is 0.283. The number of aliphatic carboxylic acids is 1. The highest BCUT2D eigenvalue weighted by molar-refractivity contribution is 6.33. The summed E-state index contributed by atoms with van der Waals surface area (Å²) in [5.74, 6) is 0.506. The maximum Gasteiger partial charge on any atom is 0.332 e. The number of aromatic nitrogens is 2. The Balaban J connectivity index is 1.31. The van der Waals surface area contributed by atoms with Gasteiger partial charge in [-0.1, -0.05) is 17.7 Å². The third kappa shape index (κ3) is 8.27. The van der Waals surface area contributed by atoms with Crippen LogP contribution in [0.1, 0.15) is 52.4 Å². The molecule has 0 radical (unpaired) electrons. The first-order chi connectivity index (χ1) is 19.3. The molecule has 0 spiro atoms. The average Bonchev–Trinajstić information content (AvgIpc) is 2.97. The van der Waals surface area contributed by atoms with E-state index in [-0.39, 0.29) is 6.04 Å². The van der Waals surface area contributed by atoms with Gasteiger partial charge in [-0.2, -0.15) is 5.26 Å². The summed E-state index contributed by atoms with van der Waals surface area (Å²) < 4.78 is 10.8. The molecule has 216 valence electrons. The van der Waals surface area contributed by atoms with Gasteiger partial charge in [0.1, 0.15) is 11.6 Å². The molecule has 0 amide bonds. The number of carboxylic acid groups (broad SMARTS) is 1. The summed E-state index contributed by atoms with van der Waals surface area (Å²) in [6.07, 6.45) is 6.24. The minimum atomic E-state index is -0.947. The van der Waals surface area contributed by atoms with Crippen LogP contribution in [0, 0.1) is 16.7 Å². The van der Waals surface area contributed by atoms with Crippen molar-refractivity contribution >= 4 is 29.2 Å². The molecule has 2 aromatic heterocycles. The van der Waals surface area contributed by atoms with Crippen molar-refractivity contribution in [2.45, 2.75) is 76.6 Å². The smallest absolute Gasteiger partial charge is 0.332 e. The highest BCUT2D eigenvalue weighted by atomic mass is 35.5. The predicted octanol–water partition coefficient (Wildman–Crippen LogP) is 4.72. The topological polar surface area (TPSA) is 141 Å². The van der Waals surface area contributed by atoms with Gasteiger partial charge >= 0.3 is 5.97 Å². The Hall–Kier alpha value is -2.97. The number of halogens is 1. The first-order valence-electron chi connectivity index (χ1n) is 14.0. The van der Waals surface area contributed by atoms with Crippen LogP contribution in [0.4, 0.5) is 11.6 Å². The third-order valence-corrected chi connectivity index (χ3v) is 8.02. The van der Waals surface area contributed by atoms with Gasteiger partial charge in [0.15, 0.2) is 6.10 Å². The Morgan fingerprint density at radius 2 is 1.95 bits per heavy atom. The van der Waals surface area contributed by atoms with Crippen LogP contribution < -0.4 is 16.0 Å². The number of nitrogens with one attached hydrogen (secondary N) is 3. The van der Waals surface area contributed by atoms with Crippen molar-refractivity contribution < 1.29 is 19.4 Å². The summed E-state index contributed by atoms with van der Waals surface area (Å²) in [4.78, 5) is 20.2. The number of pyridine rings is 2. The predicted molar refractivity (Wildman–Crippen MR) is 154 cm³/mol. The van der Waals surface area contributed by atoms with Crippen molar-refractivity contribution in [3.8, 4) is 17.3 Å². The van der Waals surface area contributed by atoms with E-state index in [0.717, 1.165) is 42.8 Å². The minimum absolute atomic E-state index is 0.0803. The zero-order valence-electron chi connectivity index (χ0n) is 23.2. The monoisotopic (exact) mass is 570 g/mol. The van der Waals surface area contributed by atoms with E-state index in [9.17, 15) is 10.1 Å². The van der Waals surface area contributed by atoms with Crippen LogP contribution in [0.5, 0.6) is 0 Å². The van der Waals surface area contributed by atoms with Crippen molar-refractivity contribution in [1.29, 1.82) is 5.26 Å². The molecule has 3 heterocycles. The van der Waals surface area contributed by atoms with E-state index >= 15 is 0 Å². The van der Waals surface area contributed by atoms with Gasteiger partial charge in [-0.3, -0.25) is 0 Å². The summed E-state index contributed by atoms with van der Waals surface area (Å²) in [7, 11) is 0. The molecule has 1 aliphatic heterocycles. The van der Waals surface area contributed by atoms with E-state index in [0.29, 0.717) is 62.1 Å². The molecule has 0 unspecified atom stereocenters. The molecule has 2 aromatic rings. The lowest BCUT2D eigenvalue weighted by Gasteiger charge is -2.32. The number of rotatable bonds is 12. The summed E-state index contributed by atoms with van der Waals surface area (Å²) in [6, 6.07) is 10.9. The fourth-order valence-electron chi connectivity index (χ4n) is 5.17. The van der Waals surface area contributed by atoms with Crippen molar-refractivity contribution in [3.63, 3.8) is 0 Å². The van der Waals surface area contributed by atoms with Crippen LogP contribution in [0.25, 0.3) is 11.3 Å². The van der Waals surface area contributed by atoms with E-state index in [4.69, 9.17) is 31.2 Å². The van der Waals surface area contributed by atoms with Gasteiger partial charge < -0.3 is 30.5 Å². The highest BCUT2D eigenvalue weighted by Gasteiger charge is 2.32. The second kappa shape index (κ2) is 14.1. The lowest BCUT2D eigenvalue weighted by Crippen LogP contribution is -2.43. The molecule has 2 fully saturated rings. The SMILES string of the molecule is C[C@H](CO[C@@H](C)C(=O)O)NC1CCC(Nc2cc(-c3cccc(NCC4(C#N)CCOCC4)n3)c(Cl)cn2)CC1. The maximum atomic E-state index is 10.9. The molecule has 10 nitrogen and oxygen atoms in total. The molecule has 4 rings (SSSR count). The Morgan fingerprint density at radius 1 is 1.23 bits per heavy atom. The maximum absolute atomic E-state index is 10.9. The fraction of sp³-hybridized carbons (Fsp3) is 0.586. The Bertz CT molecular complexity index is 1180. The van der Waals surface area contributed by atoms with E-state index in [2.05, 4.69) is 27.0 Å². The molecule has 11 heteroatoms. The van der Waals surface area contributed by atoms with Gasteiger partial charge in [0.25, 0.3) is 0 Å². The standard InChI is InChI=1S/C29H39ClN6O4/c1-19(16-40-20(2)28(37)38)34-21-6-8-22(9-7-21)35-27-14-23(24(30)15-32-27)25-4-3-5-26(36-25)33-18-29(17-31)10-12-39-13-11-29/h3-5,14-15,19-22,34H,6-13,16,18H2,1-2H3,(H,32,35)(H,33,36)(H,37,38)/t19-,20+,21?,22?/m1/s1. The van der Waals surface area contributed by atoms with Crippen LogP contribution in [-0.4, -0.2) is 71.6 Å². The Kier molecular flexibility index (Phi) is 10.6. The number of nitriles is 1. The van der Waals surface area contributed by atoms with E-state index < -0.39 is 17.5 Å². The molecule has 0 aromatic carbocycles. The number of ether oxygens (including phenoxy) is 2. The minimum Gasteiger partial charge on any atom is -0.479 e. The Morgan fingerprint density at radius 3 is 2.65 bits per heavy atom. The molecule has 40 heavy (non-hydrogen) atoms. The van der Waals surface area contributed by atoms with Crippen molar-refractivity contribution in [1.82, 2.24) is 15.3 Å². The summed E-state index contributed by atoms with van der Waals surface area (Å²) in [5.41, 5.74) is 1.09. The molecule has 1 saturated heterocycles. The third-order valence-electron chi connectivity index (χ3n) is 7.72. The molecule has 1 saturated carbocycles. The average molecular weight is 571 g/mol. The molecule has 4 N–H and O–H groups in total. The van der Waals surface area contributed by atoms with Gasteiger partial charge in [0, 0.05) is 49.6 Å². The number of nitrogens with zero attached hydrogens (tertiary/aromatic N) is 3. The van der Waals surface area contributed by atoms with Crippen LogP contribution in [0.2, 0.25) is 5.02 Å². The van der Waals surface area contributed by atoms with Crippen LogP contribution in [-0.2, 0) is 14.3 Å². The molecule has 2 aliphatic rings. The largest absolute Gasteiger partial charge is 0.479 e. The van der Waals surface area contributed by atoms with Gasteiger partial charge in [-0.25, -0.2) is 14.8 Å². The van der Waals surface area contributed by atoms with Crippen LogP contribution in [0.3, 0.4) is 0 Å². The zero-order chi connectivity index (χ0) is 28.5. The molecule has 2 atom stereocenters. The van der Waals surface area contributed by atoms with E-state index in [1.807, 2.05) is 31.2 Å². The normalized spacial score (nSPS) is 22.1. The molecule has 1 aliphatic carbocycles. The van der Waals surface area contributed by atoms with E-state index in [1.54, 1.807) is 13.1 Å². The summed E-state index contributed by atoms with van der Waals surface area (Å²) >= 11 is 6.54. The number of hydrogen-bond acceptors (Lipinski definition) is 9. The van der Waals surface area contributed by atoms with Crippen molar-refractivity contribution in [3.05, 3.63) is 35.5 Å². The zero-order valence-corrected chi connectivity index (χ0v) is 23.9. The first kappa shape index (κ1) is 30.0. The fourth-order valence-corrected chi connectivity index (χ4v) is 5.37. The summed E-state index contributed by atoms with van der Waals surface area (Å²) in [5, 5.41) is 29.7. The second-order valence-corrected chi connectivity index (χ2v) is 11.3. The molecular weight excluding hydrogens is 532 g/mol. The van der Waals surface area contributed by atoms with Gasteiger partial charge in [0.05, 0.1) is 28.8 Å². The first-order valence-corrected chi connectivity index (χ1v) is 14.4. The van der Waals surface area contributed by atoms with Gasteiger partial charge in [-0.15, -0.1) is 0 Å². The lowest BCUT2D eigenvalue weighted by molar-refractivity contribution is -0.149. The Labute approximate surface area is 240 Å². The number of carboxylic acids is 1. The van der Waals surface area contributed by atoms with E-state index in [1.165, 1.54) is 0 Å². The lowest BCUT2D eigenvalue weighted by atomic mass is 9.82. The number of carbonyl (C=O) groups is 1. The van der Waals surface area contributed by atoms with Crippen molar-refractivity contribution in [2.75, 3.05) is 37.0 Å². The van der Waals surface area contributed by atoms with Gasteiger partial charge in [-0.05, 0) is 70.6 Å². The van der Waals surface area contributed by atoms with Gasteiger partial charge in [0.2, 0.25) is 0 Å². The van der Waals surface area contributed by atoms with Crippen molar-refractivity contribution in [2.24, 2.45) is 5.41 Å². The van der Waals surface area contributed by atoms with Crippen LogP contribution in [0.15, 0.2) is 30.5 Å². The summed E-state index contributed by atoms with van der Waals surface area (Å²) in [6.45, 7) is 5.65. The van der Waals surface area contributed by atoms with Crippen LogP contribution >= 0.6 is 11.6 Å². The number of hydrogen-bond donors (Lipinski definition) is 4. The second-order valence-electron chi connectivity index (χ2n) is 10.9. The number of anilines is 2. The molecule has 0 bridgehead atoms.